The van der Waals surface area contributed by atoms with Crippen LogP contribution in [0.15, 0.2) is 30.7 Å². The van der Waals surface area contributed by atoms with Crippen LogP contribution in [0.4, 0.5) is 0 Å². The molecule has 2 heterocycles. The number of hydrogen-bond acceptors (Lipinski definition) is 5. The van der Waals surface area contributed by atoms with E-state index < -0.39 is 0 Å². The predicted octanol–water partition coefficient (Wildman–Crippen LogP) is 1.65. The van der Waals surface area contributed by atoms with E-state index in [-0.39, 0.29) is 6.61 Å². The quantitative estimate of drug-likeness (QED) is 0.713. The lowest BCUT2D eigenvalue weighted by molar-refractivity contribution is 0.229. The highest BCUT2D eigenvalue weighted by Crippen LogP contribution is 2.12. The second-order valence-electron chi connectivity index (χ2n) is 5.77. The Kier molecular flexibility index (Phi) is 7.00. The van der Waals surface area contributed by atoms with Crippen LogP contribution in [-0.2, 0) is 6.61 Å². The van der Waals surface area contributed by atoms with Gasteiger partial charge in [0.2, 0.25) is 0 Å². The van der Waals surface area contributed by atoms with Crippen LogP contribution in [0, 0.1) is 12.8 Å². The van der Waals surface area contributed by atoms with Gasteiger partial charge in [-0.3, -0.25) is 4.98 Å². The van der Waals surface area contributed by atoms with Crippen molar-refractivity contribution in [3.05, 3.63) is 42.1 Å². The minimum absolute atomic E-state index is 0.225. The van der Waals surface area contributed by atoms with E-state index in [4.69, 9.17) is 4.74 Å². The highest BCUT2D eigenvalue weighted by atomic mass is 16.5. The second-order valence-corrected chi connectivity index (χ2v) is 5.77. The molecular weight excluding hydrogens is 289 g/mol. The summed E-state index contributed by atoms with van der Waals surface area (Å²) in [5, 5.41) is 9.41. The zero-order valence-electron chi connectivity index (χ0n) is 13.9. The normalized spacial score (nSPS) is 12.0. The van der Waals surface area contributed by atoms with E-state index in [2.05, 4.69) is 21.9 Å². The molecular formula is C17H24BN3O2. The third kappa shape index (κ3) is 5.64. The molecule has 1 N–H and O–H groups in total. The molecule has 1 atom stereocenters. The molecule has 0 aliphatic rings. The second kappa shape index (κ2) is 9.25. The van der Waals surface area contributed by atoms with Crippen molar-refractivity contribution in [2.24, 2.45) is 5.92 Å². The lowest BCUT2D eigenvalue weighted by atomic mass is 9.65. The van der Waals surface area contributed by atoms with Gasteiger partial charge in [0, 0.05) is 17.9 Å². The fourth-order valence-electron chi connectivity index (χ4n) is 2.56. The molecule has 0 radical (unpaired) electrons. The van der Waals surface area contributed by atoms with Crippen molar-refractivity contribution in [1.82, 2.24) is 15.0 Å². The molecule has 0 aliphatic carbocycles. The minimum Gasteiger partial charge on any atom is -0.485 e. The number of aryl methyl sites for hydroxylation is 1. The maximum atomic E-state index is 9.41. The molecule has 23 heavy (non-hydrogen) atoms. The van der Waals surface area contributed by atoms with Gasteiger partial charge in [0.25, 0.3) is 0 Å². The molecule has 0 aliphatic heterocycles. The summed E-state index contributed by atoms with van der Waals surface area (Å²) in [5.74, 6) is 1.02. The van der Waals surface area contributed by atoms with E-state index >= 15 is 0 Å². The van der Waals surface area contributed by atoms with Gasteiger partial charge in [-0.1, -0.05) is 25.7 Å². The molecule has 2 rings (SSSR count). The van der Waals surface area contributed by atoms with Crippen LogP contribution < -0.4 is 10.3 Å². The molecule has 0 spiro atoms. The summed E-state index contributed by atoms with van der Waals surface area (Å²) in [4.78, 5) is 12.8. The number of pyridine rings is 1. The maximum Gasteiger partial charge on any atom is 0.187 e. The zero-order valence-corrected chi connectivity index (χ0v) is 13.9. The van der Waals surface area contributed by atoms with Gasteiger partial charge < -0.3 is 9.84 Å². The van der Waals surface area contributed by atoms with Crippen molar-refractivity contribution < 1.29 is 9.84 Å². The van der Waals surface area contributed by atoms with Crippen molar-refractivity contribution >= 4 is 12.9 Å². The number of aliphatic hydroxyl groups excluding tert-OH is 1. The first-order valence-corrected chi connectivity index (χ1v) is 8.18. The molecule has 0 saturated carbocycles. The van der Waals surface area contributed by atoms with E-state index in [0.29, 0.717) is 18.3 Å². The Labute approximate surface area is 138 Å². The number of rotatable bonds is 9. The van der Waals surface area contributed by atoms with Crippen LogP contribution in [0.2, 0.25) is 6.32 Å². The Balaban J connectivity index is 1.97. The lowest BCUT2D eigenvalue weighted by Gasteiger charge is -2.13. The molecule has 0 fully saturated rings. The van der Waals surface area contributed by atoms with Crippen LogP contribution in [0.1, 0.15) is 31.2 Å². The van der Waals surface area contributed by atoms with Crippen molar-refractivity contribution in [3.63, 3.8) is 0 Å². The predicted molar refractivity (Wildman–Crippen MR) is 92.4 cm³/mol. The maximum absolute atomic E-state index is 9.41. The van der Waals surface area contributed by atoms with Crippen LogP contribution in [0.5, 0.6) is 5.75 Å². The summed E-state index contributed by atoms with van der Waals surface area (Å²) in [6.07, 6.45) is 6.26. The Morgan fingerprint density at radius 3 is 2.96 bits per heavy atom. The molecule has 0 bridgehead atoms. The van der Waals surface area contributed by atoms with Crippen LogP contribution in [0.25, 0.3) is 0 Å². The van der Waals surface area contributed by atoms with Crippen LogP contribution >= 0.6 is 0 Å². The summed E-state index contributed by atoms with van der Waals surface area (Å²) in [7, 11) is 0.782. The number of ether oxygens (including phenoxy) is 1. The molecule has 0 amide bonds. The first-order chi connectivity index (χ1) is 11.2. The summed E-state index contributed by atoms with van der Waals surface area (Å²) in [5.41, 5.74) is 2.75. The van der Waals surface area contributed by atoms with Crippen molar-refractivity contribution in [3.8, 4) is 5.75 Å². The van der Waals surface area contributed by atoms with Gasteiger partial charge in [-0.15, -0.1) is 0 Å². The van der Waals surface area contributed by atoms with Gasteiger partial charge in [0.15, 0.2) is 7.28 Å². The number of aromatic nitrogens is 3. The fourth-order valence-corrected chi connectivity index (χ4v) is 2.56. The van der Waals surface area contributed by atoms with Gasteiger partial charge in [0.05, 0.1) is 11.9 Å². The first-order valence-electron chi connectivity index (χ1n) is 8.18. The summed E-state index contributed by atoms with van der Waals surface area (Å²) < 4.78 is 5.85. The smallest absolute Gasteiger partial charge is 0.187 e. The van der Waals surface area contributed by atoms with E-state index in [9.17, 15) is 5.11 Å². The average molecular weight is 313 g/mol. The fraction of sp³-hybridized carbons (Fsp3) is 0.471. The van der Waals surface area contributed by atoms with E-state index in [1.165, 1.54) is 0 Å². The standard InChI is InChI=1S/C17H24BN3O2/c1-3-5-14(10-22)8-18-17-16(9-19-12-20-17)23-11-15-7-4-6-13(2)21-15/h4,6-7,9,12,14,18,22H,3,5,8,10-11H2,1-2H3. The Morgan fingerprint density at radius 1 is 1.35 bits per heavy atom. The average Bonchev–Trinajstić information content (AvgIpc) is 2.57. The molecule has 0 aromatic carbocycles. The highest BCUT2D eigenvalue weighted by Gasteiger charge is 2.12. The Hall–Kier alpha value is -1.95. The van der Waals surface area contributed by atoms with Crippen molar-refractivity contribution in [2.45, 2.75) is 39.6 Å². The van der Waals surface area contributed by atoms with Crippen LogP contribution in [-0.4, -0.2) is 33.9 Å². The molecule has 122 valence electrons. The molecule has 2 aromatic rings. The third-order valence-corrected chi connectivity index (χ3v) is 3.82. The molecule has 2 aromatic heterocycles. The Bertz CT molecular complexity index is 610. The number of nitrogens with zero attached hydrogens (tertiary/aromatic N) is 3. The third-order valence-electron chi connectivity index (χ3n) is 3.82. The number of hydrogen-bond donors (Lipinski definition) is 1. The topological polar surface area (TPSA) is 68.1 Å². The SMILES string of the molecule is CCCC(CO)CBc1ncncc1OCc1cccc(C)n1. The Morgan fingerprint density at radius 2 is 2.22 bits per heavy atom. The number of aliphatic hydroxyl groups is 1. The van der Waals surface area contributed by atoms with Crippen molar-refractivity contribution in [2.75, 3.05) is 6.61 Å². The van der Waals surface area contributed by atoms with E-state index in [0.717, 1.165) is 43.4 Å². The van der Waals surface area contributed by atoms with Crippen LogP contribution in [0.3, 0.4) is 0 Å². The molecule has 0 saturated heterocycles. The summed E-state index contributed by atoms with van der Waals surface area (Å²) in [6, 6.07) is 5.88. The summed E-state index contributed by atoms with van der Waals surface area (Å²) >= 11 is 0. The molecule has 6 heteroatoms. The monoisotopic (exact) mass is 313 g/mol. The molecule has 1 unspecified atom stereocenters. The first kappa shape index (κ1) is 17.4. The van der Waals surface area contributed by atoms with Gasteiger partial charge in [-0.05, 0) is 31.4 Å². The summed E-state index contributed by atoms with van der Waals surface area (Å²) in [6.45, 7) is 4.73. The van der Waals surface area contributed by atoms with Gasteiger partial charge in [-0.25, -0.2) is 9.97 Å². The van der Waals surface area contributed by atoms with Gasteiger partial charge >= 0.3 is 0 Å². The van der Waals surface area contributed by atoms with E-state index in [1.807, 2.05) is 25.1 Å². The van der Waals surface area contributed by atoms with Gasteiger partial charge in [0.1, 0.15) is 18.7 Å². The largest absolute Gasteiger partial charge is 0.485 e. The van der Waals surface area contributed by atoms with Crippen molar-refractivity contribution in [1.29, 1.82) is 0 Å². The minimum atomic E-state index is 0.225. The van der Waals surface area contributed by atoms with E-state index in [1.54, 1.807) is 12.5 Å². The highest BCUT2D eigenvalue weighted by molar-refractivity contribution is 6.53. The zero-order chi connectivity index (χ0) is 16.5. The lowest BCUT2D eigenvalue weighted by Crippen LogP contribution is -2.24. The molecule has 5 nitrogen and oxygen atoms in total. The van der Waals surface area contributed by atoms with Gasteiger partial charge in [-0.2, -0.15) is 0 Å².